The summed E-state index contributed by atoms with van der Waals surface area (Å²) in [5.74, 6) is 0.703. The van der Waals surface area contributed by atoms with Crippen LogP contribution in [0.2, 0.25) is 0 Å². The van der Waals surface area contributed by atoms with Gasteiger partial charge in [-0.1, -0.05) is 30.3 Å². The van der Waals surface area contributed by atoms with E-state index >= 15 is 0 Å². The van der Waals surface area contributed by atoms with Crippen molar-refractivity contribution in [1.82, 2.24) is 20.3 Å². The van der Waals surface area contributed by atoms with Crippen molar-refractivity contribution >= 4 is 16.9 Å². The summed E-state index contributed by atoms with van der Waals surface area (Å²) in [5.41, 5.74) is 4.55. The van der Waals surface area contributed by atoms with Crippen molar-refractivity contribution in [2.24, 2.45) is 0 Å². The van der Waals surface area contributed by atoms with Crippen molar-refractivity contribution in [3.05, 3.63) is 84.2 Å². The van der Waals surface area contributed by atoms with E-state index in [1.54, 1.807) is 12.4 Å². The van der Waals surface area contributed by atoms with Gasteiger partial charge in [-0.25, -0.2) is 4.98 Å². The number of aryl methyl sites for hydroxylation is 1. The Bertz CT molecular complexity index is 1070. The van der Waals surface area contributed by atoms with E-state index in [2.05, 4.69) is 32.4 Å². The lowest BCUT2D eigenvalue weighted by molar-refractivity contribution is 0.0938. The van der Waals surface area contributed by atoms with Crippen LogP contribution in [0.25, 0.3) is 22.4 Å². The molecule has 0 saturated heterocycles. The Balaban J connectivity index is 1.43. The maximum Gasteiger partial charge on any atom is 0.251 e. The van der Waals surface area contributed by atoms with Crippen LogP contribution >= 0.6 is 0 Å². The molecule has 5 heteroatoms. The fraction of sp³-hybridized carbons (Fsp3) is 0.174. The molecule has 0 aliphatic rings. The number of benzene rings is 2. The average molecular weight is 370 g/mol. The molecule has 0 bridgehead atoms. The minimum Gasteiger partial charge on any atom is -0.350 e. The minimum absolute atomic E-state index is 0.0671. The monoisotopic (exact) mass is 370 g/mol. The molecule has 4 aromatic rings. The van der Waals surface area contributed by atoms with E-state index in [1.807, 2.05) is 55.5 Å². The number of hydrogen-bond acceptors (Lipinski definition) is 3. The van der Waals surface area contributed by atoms with Gasteiger partial charge < -0.3 is 10.3 Å². The Kier molecular flexibility index (Phi) is 5.15. The van der Waals surface area contributed by atoms with Crippen molar-refractivity contribution in [3.63, 3.8) is 0 Å². The first-order chi connectivity index (χ1) is 13.7. The van der Waals surface area contributed by atoms with Gasteiger partial charge in [0.2, 0.25) is 0 Å². The number of aromatic amines is 1. The zero-order chi connectivity index (χ0) is 19.3. The molecule has 0 fully saturated rings. The molecule has 2 N–H and O–H groups in total. The molecule has 140 valence electrons. The van der Waals surface area contributed by atoms with Gasteiger partial charge in [0, 0.05) is 29.6 Å². The topological polar surface area (TPSA) is 70.7 Å². The highest BCUT2D eigenvalue weighted by molar-refractivity contribution is 5.97. The third kappa shape index (κ3) is 4.09. The van der Waals surface area contributed by atoms with E-state index < -0.39 is 0 Å². The molecule has 2 aromatic heterocycles. The first-order valence-corrected chi connectivity index (χ1v) is 9.44. The molecule has 5 nitrogen and oxygen atoms in total. The van der Waals surface area contributed by atoms with Crippen LogP contribution in [0.4, 0.5) is 0 Å². The number of nitrogens with one attached hydrogen (secondary N) is 2. The molecule has 0 aliphatic heterocycles. The standard InChI is InChI=1S/C23H22N4O/c1-16(7-8-17-5-3-2-4-6-17)25-23(28)19-9-10-20-21(15-19)27-22(26-20)18-11-13-24-14-12-18/h2-6,9-16H,7-8H2,1H3,(H,25,28)(H,26,27). The zero-order valence-corrected chi connectivity index (χ0v) is 15.7. The molecule has 0 spiro atoms. The first kappa shape index (κ1) is 17.9. The van der Waals surface area contributed by atoms with Crippen molar-refractivity contribution in [1.29, 1.82) is 0 Å². The summed E-state index contributed by atoms with van der Waals surface area (Å²) in [6.45, 7) is 2.04. The molecule has 4 rings (SSSR count). The maximum absolute atomic E-state index is 12.6. The van der Waals surface area contributed by atoms with Crippen molar-refractivity contribution in [2.75, 3.05) is 0 Å². The summed E-state index contributed by atoms with van der Waals surface area (Å²) in [4.78, 5) is 24.5. The highest BCUT2D eigenvalue weighted by atomic mass is 16.1. The molecule has 0 saturated carbocycles. The summed E-state index contributed by atoms with van der Waals surface area (Å²) in [6.07, 6.45) is 5.31. The number of H-pyrrole nitrogens is 1. The van der Waals surface area contributed by atoms with Gasteiger partial charge in [0.15, 0.2) is 0 Å². The van der Waals surface area contributed by atoms with E-state index in [-0.39, 0.29) is 11.9 Å². The van der Waals surface area contributed by atoms with Gasteiger partial charge in [-0.2, -0.15) is 0 Å². The number of nitrogens with zero attached hydrogens (tertiary/aromatic N) is 2. The van der Waals surface area contributed by atoms with Crippen LogP contribution in [-0.2, 0) is 6.42 Å². The van der Waals surface area contributed by atoms with Gasteiger partial charge in [-0.05, 0) is 55.7 Å². The predicted octanol–water partition coefficient (Wildman–Crippen LogP) is 4.38. The Labute approximate surface area is 163 Å². The predicted molar refractivity (Wildman–Crippen MR) is 111 cm³/mol. The quantitative estimate of drug-likeness (QED) is 0.529. The molecular weight excluding hydrogens is 348 g/mol. The molecule has 0 aliphatic carbocycles. The maximum atomic E-state index is 12.6. The van der Waals surface area contributed by atoms with Gasteiger partial charge in [0.25, 0.3) is 5.91 Å². The number of carbonyl (C=O) groups is 1. The van der Waals surface area contributed by atoms with E-state index in [0.717, 1.165) is 35.3 Å². The van der Waals surface area contributed by atoms with Crippen LogP contribution in [-0.4, -0.2) is 26.9 Å². The molecule has 1 unspecified atom stereocenters. The fourth-order valence-corrected chi connectivity index (χ4v) is 3.20. The Morgan fingerprint density at radius 3 is 2.64 bits per heavy atom. The van der Waals surface area contributed by atoms with Gasteiger partial charge in [0.1, 0.15) is 5.82 Å². The molecule has 2 heterocycles. The molecular formula is C23H22N4O. The van der Waals surface area contributed by atoms with E-state index in [4.69, 9.17) is 0 Å². The van der Waals surface area contributed by atoms with Gasteiger partial charge in [-0.3, -0.25) is 9.78 Å². The number of imidazole rings is 1. The van der Waals surface area contributed by atoms with Crippen LogP contribution in [0.1, 0.15) is 29.3 Å². The summed E-state index contributed by atoms with van der Waals surface area (Å²) in [6, 6.07) is 19.8. The lowest BCUT2D eigenvalue weighted by Gasteiger charge is -2.14. The van der Waals surface area contributed by atoms with Crippen molar-refractivity contribution in [3.8, 4) is 11.4 Å². The van der Waals surface area contributed by atoms with Gasteiger partial charge >= 0.3 is 0 Å². The van der Waals surface area contributed by atoms with Crippen LogP contribution in [0.15, 0.2) is 73.1 Å². The summed E-state index contributed by atoms with van der Waals surface area (Å²) in [7, 11) is 0. The highest BCUT2D eigenvalue weighted by Crippen LogP contribution is 2.21. The summed E-state index contributed by atoms with van der Waals surface area (Å²) in [5, 5.41) is 3.09. The SMILES string of the molecule is CC(CCc1ccccc1)NC(=O)c1ccc2nc(-c3ccncc3)[nH]c2c1. The Morgan fingerprint density at radius 1 is 1.07 bits per heavy atom. The van der Waals surface area contributed by atoms with Crippen LogP contribution in [0.3, 0.4) is 0 Å². The fourth-order valence-electron chi connectivity index (χ4n) is 3.20. The summed E-state index contributed by atoms with van der Waals surface area (Å²) >= 11 is 0. The molecule has 0 radical (unpaired) electrons. The Morgan fingerprint density at radius 2 is 1.86 bits per heavy atom. The van der Waals surface area contributed by atoms with Crippen LogP contribution < -0.4 is 5.32 Å². The number of carbonyl (C=O) groups excluding carboxylic acids is 1. The lowest BCUT2D eigenvalue weighted by atomic mass is 10.1. The summed E-state index contributed by atoms with van der Waals surface area (Å²) < 4.78 is 0. The second-order valence-electron chi connectivity index (χ2n) is 6.95. The zero-order valence-electron chi connectivity index (χ0n) is 15.7. The van der Waals surface area contributed by atoms with Crippen molar-refractivity contribution < 1.29 is 4.79 Å². The lowest BCUT2D eigenvalue weighted by Crippen LogP contribution is -2.32. The highest BCUT2D eigenvalue weighted by Gasteiger charge is 2.12. The molecule has 28 heavy (non-hydrogen) atoms. The number of aromatic nitrogens is 3. The van der Waals surface area contributed by atoms with Crippen LogP contribution in [0.5, 0.6) is 0 Å². The van der Waals surface area contributed by atoms with Gasteiger partial charge in [0.05, 0.1) is 11.0 Å². The molecule has 1 amide bonds. The van der Waals surface area contributed by atoms with E-state index in [1.165, 1.54) is 5.56 Å². The number of rotatable bonds is 6. The second-order valence-corrected chi connectivity index (χ2v) is 6.95. The number of pyridine rings is 1. The minimum atomic E-state index is -0.0671. The van der Waals surface area contributed by atoms with Crippen molar-refractivity contribution in [2.45, 2.75) is 25.8 Å². The van der Waals surface area contributed by atoms with E-state index in [0.29, 0.717) is 5.56 Å². The molecule has 1 atom stereocenters. The third-order valence-electron chi connectivity index (χ3n) is 4.78. The third-order valence-corrected chi connectivity index (χ3v) is 4.78. The second kappa shape index (κ2) is 8.05. The number of amides is 1. The van der Waals surface area contributed by atoms with E-state index in [9.17, 15) is 4.79 Å². The average Bonchev–Trinajstić information content (AvgIpc) is 3.17. The smallest absolute Gasteiger partial charge is 0.251 e. The van der Waals surface area contributed by atoms with Gasteiger partial charge in [-0.15, -0.1) is 0 Å². The molecule has 2 aromatic carbocycles. The largest absolute Gasteiger partial charge is 0.350 e. The Hall–Kier alpha value is -3.47. The van der Waals surface area contributed by atoms with Crippen LogP contribution in [0, 0.1) is 0 Å². The number of fused-ring (bicyclic) bond motifs is 1. The normalized spacial score (nSPS) is 12.0. The number of hydrogen-bond donors (Lipinski definition) is 2. The first-order valence-electron chi connectivity index (χ1n) is 9.44.